The average Bonchev–Trinajstić information content (AvgIpc) is 2.47. The zero-order valence-corrected chi connectivity index (χ0v) is 12.5. The number of ether oxygens (including phenoxy) is 1. The smallest absolute Gasteiger partial charge is 0.122 e. The Morgan fingerprint density at radius 2 is 1.90 bits per heavy atom. The van der Waals surface area contributed by atoms with Crippen molar-refractivity contribution >= 4 is 11.6 Å². The summed E-state index contributed by atoms with van der Waals surface area (Å²) in [5, 5.41) is 10.6. The van der Waals surface area contributed by atoms with Gasteiger partial charge in [0.1, 0.15) is 5.75 Å². The molecule has 2 aromatic rings. The molecule has 2 nitrogen and oxygen atoms in total. The summed E-state index contributed by atoms with van der Waals surface area (Å²) in [5.41, 5.74) is 1.71. The predicted octanol–water partition coefficient (Wildman–Crippen LogP) is 3.84. The van der Waals surface area contributed by atoms with Crippen molar-refractivity contribution in [3.63, 3.8) is 0 Å². The van der Waals surface area contributed by atoms with Gasteiger partial charge in [0.05, 0.1) is 13.7 Å². The Kier molecular flexibility index (Phi) is 4.69. The van der Waals surface area contributed by atoms with E-state index < -0.39 is 0 Å². The third-order valence-electron chi connectivity index (χ3n) is 3.64. The summed E-state index contributed by atoms with van der Waals surface area (Å²) in [7, 11) is 1.66. The van der Waals surface area contributed by atoms with E-state index in [1.807, 2.05) is 55.5 Å². The van der Waals surface area contributed by atoms with Gasteiger partial charge in [-0.1, -0.05) is 48.9 Å². The fraction of sp³-hybridized carbons (Fsp3) is 0.294. The van der Waals surface area contributed by atoms with Crippen molar-refractivity contribution in [3.05, 3.63) is 64.7 Å². The molecule has 0 amide bonds. The first-order chi connectivity index (χ1) is 9.59. The van der Waals surface area contributed by atoms with Crippen LogP contribution in [0.3, 0.4) is 0 Å². The molecule has 0 heterocycles. The molecule has 1 unspecified atom stereocenters. The molecule has 0 aliphatic heterocycles. The SMILES string of the molecule is COc1ccccc1CC(C)(CO)c1cccc(Cl)c1. The molecule has 20 heavy (non-hydrogen) atoms. The van der Waals surface area contributed by atoms with Crippen LogP contribution in [0, 0.1) is 0 Å². The van der Waals surface area contributed by atoms with Gasteiger partial charge in [-0.3, -0.25) is 0 Å². The Morgan fingerprint density at radius 1 is 1.15 bits per heavy atom. The third-order valence-corrected chi connectivity index (χ3v) is 3.88. The van der Waals surface area contributed by atoms with Gasteiger partial charge in [0.15, 0.2) is 0 Å². The molecule has 0 radical (unpaired) electrons. The molecule has 0 saturated heterocycles. The number of rotatable bonds is 5. The lowest BCUT2D eigenvalue weighted by molar-refractivity contribution is 0.204. The molecule has 0 aliphatic rings. The number of aliphatic hydroxyl groups is 1. The van der Waals surface area contributed by atoms with Crippen molar-refractivity contribution in [1.82, 2.24) is 0 Å². The van der Waals surface area contributed by atoms with E-state index in [-0.39, 0.29) is 12.0 Å². The maximum absolute atomic E-state index is 9.87. The summed E-state index contributed by atoms with van der Waals surface area (Å²) >= 11 is 6.06. The molecule has 0 aromatic heterocycles. The highest BCUT2D eigenvalue weighted by Gasteiger charge is 2.27. The van der Waals surface area contributed by atoms with Crippen LogP contribution in [0.4, 0.5) is 0 Å². The summed E-state index contributed by atoms with van der Waals surface area (Å²) in [4.78, 5) is 0. The Morgan fingerprint density at radius 3 is 2.55 bits per heavy atom. The Hall–Kier alpha value is -1.51. The molecule has 0 spiro atoms. The lowest BCUT2D eigenvalue weighted by Crippen LogP contribution is -2.29. The van der Waals surface area contributed by atoms with Crippen LogP contribution in [0.15, 0.2) is 48.5 Å². The van der Waals surface area contributed by atoms with Crippen LogP contribution in [-0.2, 0) is 11.8 Å². The van der Waals surface area contributed by atoms with Gasteiger partial charge in [-0.2, -0.15) is 0 Å². The van der Waals surface area contributed by atoms with E-state index in [0.29, 0.717) is 11.4 Å². The molecule has 2 rings (SSSR count). The third kappa shape index (κ3) is 3.14. The molecule has 106 valence electrons. The summed E-state index contributed by atoms with van der Waals surface area (Å²) < 4.78 is 5.39. The van der Waals surface area contributed by atoms with Crippen molar-refractivity contribution in [1.29, 1.82) is 0 Å². The van der Waals surface area contributed by atoms with E-state index in [1.54, 1.807) is 7.11 Å². The van der Waals surface area contributed by atoms with Crippen molar-refractivity contribution in [3.8, 4) is 5.75 Å². The van der Waals surface area contributed by atoms with Gasteiger partial charge < -0.3 is 9.84 Å². The number of hydrogen-bond donors (Lipinski definition) is 1. The van der Waals surface area contributed by atoms with Gasteiger partial charge in [0.2, 0.25) is 0 Å². The second kappa shape index (κ2) is 6.29. The van der Waals surface area contributed by atoms with Crippen LogP contribution in [0.5, 0.6) is 5.75 Å². The van der Waals surface area contributed by atoms with Crippen molar-refractivity contribution in [2.24, 2.45) is 0 Å². The zero-order valence-electron chi connectivity index (χ0n) is 11.8. The van der Waals surface area contributed by atoms with E-state index in [0.717, 1.165) is 16.9 Å². The Balaban J connectivity index is 2.36. The minimum Gasteiger partial charge on any atom is -0.496 e. The maximum Gasteiger partial charge on any atom is 0.122 e. The van der Waals surface area contributed by atoms with Crippen molar-refractivity contribution in [2.45, 2.75) is 18.8 Å². The molecule has 0 saturated carbocycles. The second-order valence-corrected chi connectivity index (χ2v) is 5.65. The minimum atomic E-state index is -0.389. The molecule has 1 N–H and O–H groups in total. The normalized spacial score (nSPS) is 13.8. The van der Waals surface area contributed by atoms with Gasteiger partial charge in [-0.15, -0.1) is 0 Å². The first-order valence-electron chi connectivity index (χ1n) is 6.58. The molecular weight excluding hydrogens is 272 g/mol. The van der Waals surface area contributed by atoms with E-state index in [1.165, 1.54) is 0 Å². The molecule has 0 aliphatic carbocycles. The van der Waals surface area contributed by atoms with E-state index in [9.17, 15) is 5.11 Å². The second-order valence-electron chi connectivity index (χ2n) is 5.22. The lowest BCUT2D eigenvalue weighted by Gasteiger charge is -2.29. The zero-order chi connectivity index (χ0) is 14.6. The molecule has 0 fully saturated rings. The topological polar surface area (TPSA) is 29.5 Å². The Bertz CT molecular complexity index is 583. The summed E-state index contributed by atoms with van der Waals surface area (Å²) in [5.74, 6) is 0.842. The van der Waals surface area contributed by atoms with Crippen LogP contribution in [0.1, 0.15) is 18.1 Å². The minimum absolute atomic E-state index is 0.0470. The highest BCUT2D eigenvalue weighted by Crippen LogP contribution is 2.32. The first-order valence-corrected chi connectivity index (χ1v) is 6.95. The van der Waals surface area contributed by atoms with Crippen molar-refractivity contribution < 1.29 is 9.84 Å². The standard InChI is InChI=1S/C17H19ClO2/c1-17(12-19,14-7-5-8-15(18)10-14)11-13-6-3-4-9-16(13)20-2/h3-10,19H,11-12H2,1-2H3. The van der Waals surface area contributed by atoms with Gasteiger partial charge >= 0.3 is 0 Å². The maximum atomic E-state index is 9.87. The van der Waals surface area contributed by atoms with Crippen LogP contribution in [-0.4, -0.2) is 18.8 Å². The van der Waals surface area contributed by atoms with Crippen molar-refractivity contribution in [2.75, 3.05) is 13.7 Å². The number of para-hydroxylation sites is 1. The highest BCUT2D eigenvalue weighted by molar-refractivity contribution is 6.30. The first kappa shape index (κ1) is 14.9. The van der Waals surface area contributed by atoms with Crippen LogP contribution >= 0.6 is 11.6 Å². The Labute approximate surface area is 125 Å². The highest BCUT2D eigenvalue weighted by atomic mass is 35.5. The number of halogens is 1. The number of aliphatic hydroxyl groups excluding tert-OH is 1. The largest absolute Gasteiger partial charge is 0.496 e. The summed E-state index contributed by atoms with van der Waals surface area (Å²) in [6.45, 7) is 2.08. The van der Waals surface area contributed by atoms with Crippen LogP contribution < -0.4 is 4.74 Å². The predicted molar refractivity (Wildman–Crippen MR) is 82.6 cm³/mol. The lowest BCUT2D eigenvalue weighted by atomic mass is 9.78. The van der Waals surface area contributed by atoms with Gasteiger partial charge in [0, 0.05) is 10.4 Å². The molecule has 2 aromatic carbocycles. The monoisotopic (exact) mass is 290 g/mol. The molecule has 0 bridgehead atoms. The van der Waals surface area contributed by atoms with E-state index in [2.05, 4.69) is 0 Å². The van der Waals surface area contributed by atoms with E-state index >= 15 is 0 Å². The number of hydrogen-bond acceptors (Lipinski definition) is 2. The van der Waals surface area contributed by atoms with Gasteiger partial charge in [-0.05, 0) is 35.7 Å². The number of benzene rings is 2. The molecule has 1 atom stereocenters. The number of methoxy groups -OCH3 is 1. The fourth-order valence-corrected chi connectivity index (χ4v) is 2.57. The average molecular weight is 291 g/mol. The summed E-state index contributed by atoms with van der Waals surface area (Å²) in [6, 6.07) is 15.5. The van der Waals surface area contributed by atoms with Crippen LogP contribution in [0.25, 0.3) is 0 Å². The van der Waals surface area contributed by atoms with Crippen LogP contribution in [0.2, 0.25) is 5.02 Å². The van der Waals surface area contributed by atoms with Gasteiger partial charge in [-0.25, -0.2) is 0 Å². The summed E-state index contributed by atoms with van der Waals surface area (Å²) in [6.07, 6.45) is 0.688. The fourth-order valence-electron chi connectivity index (χ4n) is 2.38. The quantitative estimate of drug-likeness (QED) is 0.906. The van der Waals surface area contributed by atoms with E-state index in [4.69, 9.17) is 16.3 Å². The molecular formula is C17H19ClO2. The van der Waals surface area contributed by atoms with Gasteiger partial charge in [0.25, 0.3) is 0 Å². The molecule has 3 heteroatoms.